The van der Waals surface area contributed by atoms with Crippen molar-refractivity contribution in [1.29, 1.82) is 5.26 Å². The van der Waals surface area contributed by atoms with E-state index in [2.05, 4.69) is 40.4 Å². The molecular formula is C14H12N4. The van der Waals surface area contributed by atoms with E-state index in [-0.39, 0.29) is 5.92 Å². The summed E-state index contributed by atoms with van der Waals surface area (Å²) in [5, 5.41) is 13.4. The quantitative estimate of drug-likeness (QED) is 0.762. The molecule has 0 fully saturated rings. The third kappa shape index (κ3) is 1.09. The fourth-order valence-corrected chi connectivity index (χ4v) is 3.59. The SMILES string of the molecule is N#CCC1c2ncnn2C2Cc3ccccc3C12. The molecule has 1 aliphatic heterocycles. The number of nitriles is 1. The zero-order valence-corrected chi connectivity index (χ0v) is 9.82. The fraction of sp³-hybridized carbons (Fsp3) is 0.357. The monoisotopic (exact) mass is 236 g/mol. The Morgan fingerprint density at radius 3 is 3.17 bits per heavy atom. The minimum Gasteiger partial charge on any atom is -0.246 e. The van der Waals surface area contributed by atoms with Crippen LogP contribution in [0, 0.1) is 11.3 Å². The van der Waals surface area contributed by atoms with Crippen LogP contribution >= 0.6 is 0 Å². The molecule has 0 N–H and O–H groups in total. The van der Waals surface area contributed by atoms with Gasteiger partial charge in [0.2, 0.25) is 0 Å². The summed E-state index contributed by atoms with van der Waals surface area (Å²) >= 11 is 0. The van der Waals surface area contributed by atoms with Crippen molar-refractivity contribution in [3.63, 3.8) is 0 Å². The second-order valence-electron chi connectivity index (χ2n) is 5.03. The molecule has 0 radical (unpaired) electrons. The van der Waals surface area contributed by atoms with Crippen LogP contribution in [0.3, 0.4) is 0 Å². The van der Waals surface area contributed by atoms with Crippen LogP contribution in [-0.2, 0) is 6.42 Å². The van der Waals surface area contributed by atoms with Gasteiger partial charge in [-0.15, -0.1) is 0 Å². The number of rotatable bonds is 1. The van der Waals surface area contributed by atoms with Gasteiger partial charge in [-0.2, -0.15) is 10.4 Å². The van der Waals surface area contributed by atoms with Crippen LogP contribution in [0.5, 0.6) is 0 Å². The van der Waals surface area contributed by atoms with Gasteiger partial charge in [0.15, 0.2) is 0 Å². The van der Waals surface area contributed by atoms with Crippen molar-refractivity contribution in [3.8, 4) is 6.07 Å². The third-order valence-electron chi connectivity index (χ3n) is 4.25. The molecule has 1 aromatic carbocycles. The fourth-order valence-electron chi connectivity index (χ4n) is 3.59. The lowest BCUT2D eigenvalue weighted by molar-refractivity contribution is 0.440. The van der Waals surface area contributed by atoms with Crippen molar-refractivity contribution < 1.29 is 0 Å². The normalized spacial score (nSPS) is 27.4. The van der Waals surface area contributed by atoms with Crippen LogP contribution in [-0.4, -0.2) is 14.8 Å². The van der Waals surface area contributed by atoms with E-state index in [0.717, 1.165) is 12.2 Å². The van der Waals surface area contributed by atoms with Gasteiger partial charge < -0.3 is 0 Å². The summed E-state index contributed by atoms with van der Waals surface area (Å²) in [5.41, 5.74) is 2.78. The van der Waals surface area contributed by atoms with E-state index >= 15 is 0 Å². The van der Waals surface area contributed by atoms with Crippen molar-refractivity contribution in [3.05, 3.63) is 47.5 Å². The lowest BCUT2D eigenvalue weighted by atomic mass is 9.86. The first-order chi connectivity index (χ1) is 8.90. The molecule has 1 aromatic heterocycles. The van der Waals surface area contributed by atoms with Gasteiger partial charge in [0.1, 0.15) is 12.2 Å². The Bertz CT molecular complexity index is 652. The summed E-state index contributed by atoms with van der Waals surface area (Å²) in [7, 11) is 0. The Kier molecular flexibility index (Phi) is 1.87. The number of hydrogen-bond acceptors (Lipinski definition) is 3. The number of hydrogen-bond donors (Lipinski definition) is 0. The third-order valence-corrected chi connectivity index (χ3v) is 4.25. The molecule has 4 rings (SSSR count). The molecule has 0 amide bonds. The molecule has 18 heavy (non-hydrogen) atoms. The average Bonchev–Trinajstić information content (AvgIpc) is 3.04. The molecule has 1 aliphatic carbocycles. The van der Waals surface area contributed by atoms with E-state index in [0.29, 0.717) is 18.4 Å². The molecule has 2 aliphatic rings. The van der Waals surface area contributed by atoms with Gasteiger partial charge in [-0.25, -0.2) is 9.67 Å². The molecule has 4 heteroatoms. The van der Waals surface area contributed by atoms with E-state index in [4.69, 9.17) is 5.26 Å². The first kappa shape index (κ1) is 9.84. The van der Waals surface area contributed by atoms with Gasteiger partial charge in [0.25, 0.3) is 0 Å². The van der Waals surface area contributed by atoms with E-state index in [1.54, 1.807) is 6.33 Å². The molecule has 2 heterocycles. The highest BCUT2D eigenvalue weighted by Gasteiger charge is 2.47. The van der Waals surface area contributed by atoms with Crippen molar-refractivity contribution in [1.82, 2.24) is 14.8 Å². The molecule has 0 spiro atoms. The highest BCUT2D eigenvalue weighted by molar-refractivity contribution is 5.41. The molecule has 88 valence electrons. The molecule has 3 atom stereocenters. The summed E-state index contributed by atoms with van der Waals surface area (Å²) in [6.45, 7) is 0. The molecule has 4 nitrogen and oxygen atoms in total. The van der Waals surface area contributed by atoms with Gasteiger partial charge in [-0.3, -0.25) is 0 Å². The number of benzene rings is 1. The number of aromatic nitrogens is 3. The largest absolute Gasteiger partial charge is 0.246 e. The second kappa shape index (κ2) is 3.42. The van der Waals surface area contributed by atoms with Crippen molar-refractivity contribution in [2.75, 3.05) is 0 Å². The summed E-state index contributed by atoms with van der Waals surface area (Å²) < 4.78 is 2.03. The summed E-state index contributed by atoms with van der Waals surface area (Å²) in [6.07, 6.45) is 3.15. The number of fused-ring (bicyclic) bond motifs is 5. The van der Waals surface area contributed by atoms with Crippen LogP contribution in [0.2, 0.25) is 0 Å². The van der Waals surface area contributed by atoms with Gasteiger partial charge in [-0.1, -0.05) is 24.3 Å². The Morgan fingerprint density at radius 1 is 1.39 bits per heavy atom. The maximum absolute atomic E-state index is 9.05. The lowest BCUT2D eigenvalue weighted by Crippen LogP contribution is -2.09. The highest BCUT2D eigenvalue weighted by Crippen LogP contribution is 2.54. The molecule has 0 saturated heterocycles. The van der Waals surface area contributed by atoms with Gasteiger partial charge >= 0.3 is 0 Å². The summed E-state index contributed by atoms with van der Waals surface area (Å²) in [6, 6.07) is 11.2. The van der Waals surface area contributed by atoms with Gasteiger partial charge in [0.05, 0.1) is 12.1 Å². The molecule has 0 saturated carbocycles. The minimum atomic E-state index is 0.200. The molecule has 0 bridgehead atoms. The van der Waals surface area contributed by atoms with E-state index < -0.39 is 0 Å². The van der Waals surface area contributed by atoms with Crippen molar-refractivity contribution >= 4 is 0 Å². The summed E-state index contributed by atoms with van der Waals surface area (Å²) in [5.74, 6) is 1.57. The Hall–Kier alpha value is -2.15. The van der Waals surface area contributed by atoms with Gasteiger partial charge in [0, 0.05) is 18.3 Å². The Labute approximate surface area is 105 Å². The maximum atomic E-state index is 9.05. The first-order valence-electron chi connectivity index (χ1n) is 6.24. The smallest absolute Gasteiger partial charge is 0.138 e. The average molecular weight is 236 g/mol. The first-order valence-corrected chi connectivity index (χ1v) is 6.24. The molecule has 3 unspecified atom stereocenters. The molecule has 2 aromatic rings. The van der Waals surface area contributed by atoms with Crippen molar-refractivity contribution in [2.24, 2.45) is 0 Å². The van der Waals surface area contributed by atoms with E-state index in [1.807, 2.05) is 4.68 Å². The van der Waals surface area contributed by atoms with Crippen LogP contribution in [0.15, 0.2) is 30.6 Å². The van der Waals surface area contributed by atoms with Crippen LogP contribution < -0.4 is 0 Å². The van der Waals surface area contributed by atoms with Crippen LogP contribution in [0.4, 0.5) is 0 Å². The van der Waals surface area contributed by atoms with Crippen molar-refractivity contribution in [2.45, 2.75) is 30.7 Å². The predicted octanol–water partition coefficient (Wildman–Crippen LogP) is 2.17. The zero-order valence-electron chi connectivity index (χ0n) is 9.82. The topological polar surface area (TPSA) is 54.5 Å². The van der Waals surface area contributed by atoms with Gasteiger partial charge in [-0.05, 0) is 17.5 Å². The standard InChI is InChI=1S/C14H12N4/c15-6-5-11-13-10-4-2-1-3-9(10)7-12(13)18-14(11)16-8-17-18/h1-4,8,11-13H,5,7H2. The number of nitrogens with zero attached hydrogens (tertiary/aromatic N) is 4. The highest BCUT2D eigenvalue weighted by atomic mass is 15.4. The van der Waals surface area contributed by atoms with Crippen LogP contribution in [0.25, 0.3) is 0 Å². The Morgan fingerprint density at radius 2 is 2.28 bits per heavy atom. The van der Waals surface area contributed by atoms with E-state index in [1.165, 1.54) is 11.1 Å². The minimum absolute atomic E-state index is 0.200. The Balaban J connectivity index is 1.87. The second-order valence-corrected chi connectivity index (χ2v) is 5.03. The maximum Gasteiger partial charge on any atom is 0.138 e. The molecular weight excluding hydrogens is 224 g/mol. The summed E-state index contributed by atoms with van der Waals surface area (Å²) in [4.78, 5) is 4.35. The zero-order chi connectivity index (χ0) is 12.1. The lowest BCUT2D eigenvalue weighted by Gasteiger charge is -2.16. The predicted molar refractivity (Wildman–Crippen MR) is 64.9 cm³/mol. The van der Waals surface area contributed by atoms with Crippen LogP contribution in [0.1, 0.15) is 41.2 Å². The van der Waals surface area contributed by atoms with E-state index in [9.17, 15) is 0 Å².